The zero-order valence-electron chi connectivity index (χ0n) is 20.8. The third-order valence-corrected chi connectivity index (χ3v) is 5.97. The highest BCUT2D eigenvalue weighted by molar-refractivity contribution is 5.95. The second-order valence-electron chi connectivity index (χ2n) is 8.49. The van der Waals surface area contributed by atoms with E-state index in [-0.39, 0.29) is 11.9 Å². The van der Waals surface area contributed by atoms with Gasteiger partial charge in [-0.25, -0.2) is 4.98 Å². The van der Waals surface area contributed by atoms with Crippen LogP contribution in [0.5, 0.6) is 17.2 Å². The number of nitrogens with one attached hydrogen (secondary N) is 1. The van der Waals surface area contributed by atoms with E-state index in [9.17, 15) is 4.79 Å². The summed E-state index contributed by atoms with van der Waals surface area (Å²) in [6, 6.07) is 18.9. The van der Waals surface area contributed by atoms with Gasteiger partial charge in [0, 0.05) is 5.56 Å². The summed E-state index contributed by atoms with van der Waals surface area (Å²) in [5.74, 6) is 2.50. The summed E-state index contributed by atoms with van der Waals surface area (Å²) in [4.78, 5) is 17.8. The van der Waals surface area contributed by atoms with Crippen LogP contribution in [0.1, 0.15) is 40.3 Å². The Kier molecular flexibility index (Phi) is 7.25. The SMILES string of the molecule is COc1ccc(C(=O)NC(C)c2nc3ccccc3n2CCOc2ccc(C)cc2C)cc1OC. The monoisotopic (exact) mass is 473 g/mol. The lowest BCUT2D eigenvalue weighted by Gasteiger charge is -2.18. The number of nitrogens with zero attached hydrogens (tertiary/aromatic N) is 2. The van der Waals surface area contributed by atoms with Crippen molar-refractivity contribution in [3.63, 3.8) is 0 Å². The van der Waals surface area contributed by atoms with E-state index in [4.69, 9.17) is 19.2 Å². The van der Waals surface area contributed by atoms with Gasteiger partial charge in [-0.3, -0.25) is 4.79 Å². The molecule has 0 aliphatic rings. The fourth-order valence-corrected chi connectivity index (χ4v) is 4.19. The molecule has 0 saturated heterocycles. The van der Waals surface area contributed by atoms with Gasteiger partial charge >= 0.3 is 0 Å². The molecule has 1 unspecified atom stereocenters. The molecule has 1 amide bonds. The summed E-state index contributed by atoms with van der Waals surface area (Å²) < 4.78 is 18.8. The summed E-state index contributed by atoms with van der Waals surface area (Å²) in [6.07, 6.45) is 0. The zero-order chi connectivity index (χ0) is 24.9. The number of methoxy groups -OCH3 is 2. The van der Waals surface area contributed by atoms with Crippen LogP contribution in [-0.4, -0.2) is 36.3 Å². The van der Waals surface area contributed by atoms with E-state index in [0.29, 0.717) is 30.2 Å². The van der Waals surface area contributed by atoms with Crippen LogP contribution in [-0.2, 0) is 6.54 Å². The van der Waals surface area contributed by atoms with Crippen LogP contribution in [0.4, 0.5) is 0 Å². The number of carbonyl (C=O) groups excluding carboxylic acids is 1. The minimum atomic E-state index is -0.330. The number of rotatable bonds is 9. The molecule has 0 aliphatic heterocycles. The van der Waals surface area contributed by atoms with E-state index in [2.05, 4.69) is 22.9 Å². The minimum Gasteiger partial charge on any atom is -0.493 e. The molecule has 0 bridgehead atoms. The maximum atomic E-state index is 13.0. The summed E-state index contributed by atoms with van der Waals surface area (Å²) in [5, 5.41) is 3.07. The smallest absolute Gasteiger partial charge is 0.251 e. The lowest BCUT2D eigenvalue weighted by atomic mass is 10.1. The van der Waals surface area contributed by atoms with Crippen molar-refractivity contribution in [2.45, 2.75) is 33.4 Å². The van der Waals surface area contributed by atoms with Crippen molar-refractivity contribution in [3.05, 3.63) is 83.2 Å². The van der Waals surface area contributed by atoms with Gasteiger partial charge in [0.25, 0.3) is 5.91 Å². The normalized spacial score (nSPS) is 11.8. The van der Waals surface area contributed by atoms with Gasteiger partial charge in [0.15, 0.2) is 11.5 Å². The number of para-hydroxylation sites is 2. The topological polar surface area (TPSA) is 74.6 Å². The lowest BCUT2D eigenvalue weighted by Crippen LogP contribution is -2.29. The van der Waals surface area contributed by atoms with Crippen molar-refractivity contribution < 1.29 is 19.0 Å². The summed E-state index contributed by atoms with van der Waals surface area (Å²) >= 11 is 0. The molecule has 1 atom stereocenters. The van der Waals surface area contributed by atoms with Gasteiger partial charge in [-0.1, -0.05) is 29.8 Å². The van der Waals surface area contributed by atoms with Gasteiger partial charge in [-0.05, 0) is 62.7 Å². The molecule has 7 heteroatoms. The second kappa shape index (κ2) is 10.5. The maximum Gasteiger partial charge on any atom is 0.251 e. The molecule has 0 fully saturated rings. The number of aryl methyl sites for hydroxylation is 2. The van der Waals surface area contributed by atoms with Gasteiger partial charge in [0.2, 0.25) is 0 Å². The number of imidazole rings is 1. The summed E-state index contributed by atoms with van der Waals surface area (Å²) in [5.41, 5.74) is 4.67. The Balaban J connectivity index is 1.54. The number of aromatic nitrogens is 2. The average Bonchev–Trinajstić information content (AvgIpc) is 3.23. The zero-order valence-corrected chi connectivity index (χ0v) is 20.8. The van der Waals surface area contributed by atoms with Crippen molar-refractivity contribution in [3.8, 4) is 17.2 Å². The fourth-order valence-electron chi connectivity index (χ4n) is 4.19. The summed E-state index contributed by atoms with van der Waals surface area (Å²) in [6.45, 7) is 7.12. The number of hydrogen-bond acceptors (Lipinski definition) is 5. The number of carbonyl (C=O) groups is 1. The fraction of sp³-hybridized carbons (Fsp3) is 0.286. The molecule has 0 aliphatic carbocycles. The molecule has 1 heterocycles. The van der Waals surface area contributed by atoms with Gasteiger partial charge in [-0.15, -0.1) is 0 Å². The van der Waals surface area contributed by atoms with Crippen molar-refractivity contribution >= 4 is 16.9 Å². The first-order valence-electron chi connectivity index (χ1n) is 11.6. The van der Waals surface area contributed by atoms with Crippen molar-refractivity contribution in [1.82, 2.24) is 14.9 Å². The Morgan fingerprint density at radius 3 is 2.46 bits per heavy atom. The first-order chi connectivity index (χ1) is 16.9. The highest BCUT2D eigenvalue weighted by atomic mass is 16.5. The molecule has 35 heavy (non-hydrogen) atoms. The van der Waals surface area contributed by atoms with E-state index >= 15 is 0 Å². The van der Waals surface area contributed by atoms with E-state index in [0.717, 1.165) is 28.2 Å². The minimum absolute atomic E-state index is 0.219. The molecule has 0 radical (unpaired) electrons. The summed E-state index contributed by atoms with van der Waals surface area (Å²) in [7, 11) is 3.11. The van der Waals surface area contributed by atoms with Crippen LogP contribution in [0.2, 0.25) is 0 Å². The quantitative estimate of drug-likeness (QED) is 0.360. The van der Waals surface area contributed by atoms with Crippen LogP contribution < -0.4 is 19.5 Å². The molecule has 182 valence electrons. The second-order valence-corrected chi connectivity index (χ2v) is 8.49. The van der Waals surface area contributed by atoms with Crippen LogP contribution in [0, 0.1) is 13.8 Å². The number of amides is 1. The Labute approximate surface area is 205 Å². The van der Waals surface area contributed by atoms with E-state index in [1.165, 1.54) is 5.56 Å². The molecule has 0 saturated carbocycles. The third-order valence-electron chi connectivity index (χ3n) is 5.97. The lowest BCUT2D eigenvalue weighted by molar-refractivity contribution is 0.0937. The largest absolute Gasteiger partial charge is 0.493 e. The van der Waals surface area contributed by atoms with E-state index in [1.807, 2.05) is 50.2 Å². The van der Waals surface area contributed by atoms with Crippen LogP contribution >= 0.6 is 0 Å². The van der Waals surface area contributed by atoms with E-state index < -0.39 is 0 Å². The number of fused-ring (bicyclic) bond motifs is 1. The number of hydrogen-bond donors (Lipinski definition) is 1. The third kappa shape index (κ3) is 5.24. The predicted octanol–water partition coefficient (Wildman–Crippen LogP) is 5.24. The molecule has 4 aromatic rings. The van der Waals surface area contributed by atoms with Gasteiger partial charge < -0.3 is 24.1 Å². The van der Waals surface area contributed by atoms with Gasteiger partial charge in [0.05, 0.1) is 37.8 Å². The Morgan fingerprint density at radius 1 is 0.971 bits per heavy atom. The predicted molar refractivity (Wildman–Crippen MR) is 137 cm³/mol. The average molecular weight is 474 g/mol. The van der Waals surface area contributed by atoms with Crippen molar-refractivity contribution in [1.29, 1.82) is 0 Å². The standard InChI is InChI=1S/C28H31N3O4/c1-18-10-12-24(19(2)16-18)35-15-14-31-23-9-7-6-8-22(23)30-27(31)20(3)29-28(32)21-11-13-25(33-4)26(17-21)34-5/h6-13,16-17,20H,14-15H2,1-5H3,(H,29,32). The first-order valence-corrected chi connectivity index (χ1v) is 11.6. The van der Waals surface area contributed by atoms with Gasteiger partial charge in [0.1, 0.15) is 18.2 Å². The highest BCUT2D eigenvalue weighted by Gasteiger charge is 2.20. The van der Waals surface area contributed by atoms with Crippen LogP contribution in [0.25, 0.3) is 11.0 Å². The molecular formula is C28H31N3O4. The Bertz CT molecular complexity index is 1350. The van der Waals surface area contributed by atoms with Crippen molar-refractivity contribution in [2.24, 2.45) is 0 Å². The maximum absolute atomic E-state index is 13.0. The molecule has 4 rings (SSSR count). The van der Waals surface area contributed by atoms with Crippen LogP contribution in [0.15, 0.2) is 60.7 Å². The van der Waals surface area contributed by atoms with E-state index in [1.54, 1.807) is 32.4 Å². The Hall–Kier alpha value is -4.00. The molecule has 1 aromatic heterocycles. The van der Waals surface area contributed by atoms with Gasteiger partial charge in [-0.2, -0.15) is 0 Å². The van der Waals surface area contributed by atoms with Crippen molar-refractivity contribution in [2.75, 3.05) is 20.8 Å². The number of benzene rings is 3. The highest BCUT2D eigenvalue weighted by Crippen LogP contribution is 2.28. The molecular weight excluding hydrogens is 442 g/mol. The molecule has 1 N–H and O–H groups in total. The van der Waals surface area contributed by atoms with Crippen LogP contribution in [0.3, 0.4) is 0 Å². The molecule has 3 aromatic carbocycles. The number of ether oxygens (including phenoxy) is 3. The Morgan fingerprint density at radius 2 is 1.71 bits per heavy atom. The first kappa shape index (κ1) is 24.1. The molecule has 7 nitrogen and oxygen atoms in total. The molecule has 0 spiro atoms.